The van der Waals surface area contributed by atoms with Gasteiger partial charge in [0.05, 0.1) is 118 Å². The minimum atomic E-state index is 0.825. The normalized spacial score (nSPS) is 16.6. The van der Waals surface area contributed by atoms with E-state index in [-0.39, 0.29) is 0 Å². The summed E-state index contributed by atoms with van der Waals surface area (Å²) in [5, 5.41) is 17.7. The van der Waals surface area contributed by atoms with Crippen LogP contribution in [0.25, 0.3) is 0 Å². The average Bonchev–Trinajstić information content (AvgIpc) is 3.62. The number of anilines is 2. The topological polar surface area (TPSA) is 82.4 Å². The van der Waals surface area contributed by atoms with Crippen LogP contribution in [0, 0.1) is 0 Å². The molecule has 4 heterocycles. The van der Waals surface area contributed by atoms with Gasteiger partial charge < -0.3 is 19.6 Å². The molecule has 2 aromatic carbocycles. The largest absolute Gasteiger partial charge is 0.421 e. The third kappa shape index (κ3) is 8.73. The smallest absolute Gasteiger partial charge is 0.360 e. The van der Waals surface area contributed by atoms with Gasteiger partial charge in [-0.05, 0) is 74.2 Å². The van der Waals surface area contributed by atoms with Crippen molar-refractivity contribution < 1.29 is 18.9 Å². The summed E-state index contributed by atoms with van der Waals surface area (Å²) in [4.78, 5) is 8.54. The van der Waals surface area contributed by atoms with Gasteiger partial charge in [-0.3, -0.25) is 0 Å². The molecule has 2 fully saturated rings. The van der Waals surface area contributed by atoms with Crippen LogP contribution in [0.3, 0.4) is 0 Å². The lowest BCUT2D eigenvalue weighted by atomic mass is 10.1. The Morgan fingerprint density at radius 2 is 0.917 bits per heavy atom. The SMILES string of the molecule is Cn1cc[n+](C)c1N=Nc1ccc(N2CC[NH+](CCCCCC[NH+]3CCN(c4ccc(N=Nc5n(C)cc[n+]5C)cc4)CC3)CC2)cc1. The van der Waals surface area contributed by atoms with Gasteiger partial charge in [0.25, 0.3) is 0 Å². The molecule has 2 aliphatic rings. The van der Waals surface area contributed by atoms with E-state index in [9.17, 15) is 0 Å². The number of imidazole rings is 2. The first-order valence-electron chi connectivity index (χ1n) is 17.7. The van der Waals surface area contributed by atoms with Crippen molar-refractivity contribution in [2.24, 2.45) is 48.6 Å². The van der Waals surface area contributed by atoms with Crippen molar-refractivity contribution >= 4 is 34.6 Å². The van der Waals surface area contributed by atoms with Gasteiger partial charge in [0, 0.05) is 21.6 Å². The molecule has 6 rings (SSSR count). The average molecular weight is 655 g/mol. The number of azo groups is 2. The number of benzene rings is 2. The fourth-order valence-electron chi connectivity index (χ4n) is 6.88. The highest BCUT2D eigenvalue weighted by atomic mass is 15.3. The number of rotatable bonds is 13. The molecule has 0 aliphatic carbocycles. The van der Waals surface area contributed by atoms with E-state index in [2.05, 4.69) is 78.8 Å². The molecule has 0 bridgehead atoms. The minimum absolute atomic E-state index is 0.825. The Bertz CT molecular complexity index is 1470. The Labute approximate surface area is 285 Å². The van der Waals surface area contributed by atoms with Gasteiger partial charge in [-0.15, -0.1) is 0 Å². The molecule has 0 spiro atoms. The second-order valence-corrected chi connectivity index (χ2v) is 13.5. The molecule has 4 aromatic rings. The van der Waals surface area contributed by atoms with Crippen molar-refractivity contribution in [2.75, 3.05) is 75.2 Å². The zero-order chi connectivity index (χ0) is 33.3. The first kappa shape index (κ1) is 33.5. The van der Waals surface area contributed by atoms with E-state index in [1.807, 2.05) is 71.2 Å². The Balaban J connectivity index is 0.817. The summed E-state index contributed by atoms with van der Waals surface area (Å²) in [5.74, 6) is 1.65. The van der Waals surface area contributed by atoms with Crippen LogP contribution in [0.4, 0.5) is 34.6 Å². The molecule has 0 atom stereocenters. The van der Waals surface area contributed by atoms with Crippen LogP contribution in [0.5, 0.6) is 0 Å². The zero-order valence-electron chi connectivity index (χ0n) is 29.3. The molecule has 2 aliphatic heterocycles. The van der Waals surface area contributed by atoms with Crippen LogP contribution in [0.2, 0.25) is 0 Å². The van der Waals surface area contributed by atoms with Gasteiger partial charge in [-0.1, -0.05) is 10.2 Å². The first-order valence-corrected chi connectivity index (χ1v) is 17.7. The lowest BCUT2D eigenvalue weighted by Crippen LogP contribution is -3.15. The Morgan fingerprint density at radius 3 is 1.25 bits per heavy atom. The Kier molecular flexibility index (Phi) is 11.2. The van der Waals surface area contributed by atoms with Crippen molar-refractivity contribution in [3.63, 3.8) is 0 Å². The van der Waals surface area contributed by atoms with E-state index >= 15 is 0 Å². The summed E-state index contributed by atoms with van der Waals surface area (Å²) in [6.45, 7) is 12.0. The number of hydrogen-bond donors (Lipinski definition) is 2. The summed E-state index contributed by atoms with van der Waals surface area (Å²) in [5.41, 5.74) is 4.34. The molecule has 12 nitrogen and oxygen atoms in total. The van der Waals surface area contributed by atoms with Gasteiger partial charge in [-0.25, -0.2) is 18.3 Å². The number of aromatic nitrogens is 4. The lowest BCUT2D eigenvalue weighted by Gasteiger charge is -2.34. The maximum Gasteiger partial charge on any atom is 0.421 e. The van der Waals surface area contributed by atoms with E-state index in [0.717, 1.165) is 49.5 Å². The summed E-state index contributed by atoms with van der Waals surface area (Å²) >= 11 is 0. The standard InChI is InChI=1S/C36H52N12/c1-41-19-20-42(2)35(41)39-37-31-9-13-33(14-10-31)47-27-23-45(24-28-47)17-7-5-6-8-18-46-25-29-48(30-26-46)34-15-11-32(12-16-34)38-40-36-43(3)21-22-44(36)4/h9-16,19-22H,5-8,17-18,23-30H2,1-4H3/q+2/p+2. The highest BCUT2D eigenvalue weighted by Gasteiger charge is 2.22. The second kappa shape index (κ2) is 16.1. The van der Waals surface area contributed by atoms with Gasteiger partial charge in [0.1, 0.15) is 11.4 Å². The number of hydrogen-bond acceptors (Lipinski definition) is 6. The number of nitrogens with zero attached hydrogens (tertiary/aromatic N) is 10. The number of quaternary nitrogens is 2. The van der Waals surface area contributed by atoms with Crippen molar-refractivity contribution in [3.8, 4) is 0 Å². The number of unbranched alkanes of at least 4 members (excludes halogenated alkanes) is 3. The molecular formula is C36H54N12+4. The van der Waals surface area contributed by atoms with Crippen LogP contribution in [0.1, 0.15) is 25.7 Å². The number of nitrogens with one attached hydrogen (secondary N) is 2. The van der Waals surface area contributed by atoms with Crippen molar-refractivity contribution in [1.82, 2.24) is 9.13 Å². The minimum Gasteiger partial charge on any atom is -0.360 e. The second-order valence-electron chi connectivity index (χ2n) is 13.5. The van der Waals surface area contributed by atoms with Crippen molar-refractivity contribution in [1.29, 1.82) is 0 Å². The van der Waals surface area contributed by atoms with Gasteiger partial charge in [0.2, 0.25) is 0 Å². The van der Waals surface area contributed by atoms with Gasteiger partial charge in [0.15, 0.2) is 0 Å². The van der Waals surface area contributed by atoms with E-state index in [4.69, 9.17) is 0 Å². The van der Waals surface area contributed by atoms with Crippen molar-refractivity contribution in [2.45, 2.75) is 25.7 Å². The van der Waals surface area contributed by atoms with E-state index in [0.29, 0.717) is 0 Å². The highest BCUT2D eigenvalue weighted by molar-refractivity contribution is 5.53. The predicted molar refractivity (Wildman–Crippen MR) is 188 cm³/mol. The maximum absolute atomic E-state index is 4.43. The van der Waals surface area contributed by atoms with E-state index < -0.39 is 0 Å². The predicted octanol–water partition coefficient (Wildman–Crippen LogP) is 2.51. The third-order valence-electron chi connectivity index (χ3n) is 9.98. The molecule has 0 radical (unpaired) electrons. The van der Waals surface area contributed by atoms with Crippen LogP contribution in [-0.4, -0.2) is 74.6 Å². The quantitative estimate of drug-likeness (QED) is 0.132. The highest BCUT2D eigenvalue weighted by Crippen LogP contribution is 2.23. The number of piperazine rings is 2. The summed E-state index contributed by atoms with van der Waals surface area (Å²) in [6.07, 6.45) is 13.3. The third-order valence-corrected chi connectivity index (χ3v) is 9.98. The summed E-state index contributed by atoms with van der Waals surface area (Å²) < 4.78 is 7.87. The molecular weight excluding hydrogens is 600 g/mol. The fraction of sp³-hybridized carbons (Fsp3) is 0.500. The van der Waals surface area contributed by atoms with Crippen LogP contribution in [-0.2, 0) is 28.2 Å². The zero-order valence-corrected chi connectivity index (χ0v) is 29.3. The maximum atomic E-state index is 4.43. The molecule has 2 N–H and O–H groups in total. The fourth-order valence-corrected chi connectivity index (χ4v) is 6.88. The monoisotopic (exact) mass is 654 g/mol. The van der Waals surface area contributed by atoms with E-state index in [1.54, 1.807) is 9.80 Å². The Morgan fingerprint density at radius 1 is 0.542 bits per heavy atom. The van der Waals surface area contributed by atoms with Gasteiger partial charge in [-0.2, -0.15) is 0 Å². The van der Waals surface area contributed by atoms with Crippen LogP contribution < -0.4 is 28.7 Å². The molecule has 254 valence electrons. The van der Waals surface area contributed by atoms with Gasteiger partial charge >= 0.3 is 11.9 Å². The summed E-state index contributed by atoms with van der Waals surface area (Å²) in [7, 11) is 7.92. The number of aryl methyl sites for hydroxylation is 4. The Hall–Kier alpha value is -4.42. The van der Waals surface area contributed by atoms with Crippen LogP contribution >= 0.6 is 0 Å². The van der Waals surface area contributed by atoms with Crippen LogP contribution in [0.15, 0.2) is 93.8 Å². The molecule has 0 unspecified atom stereocenters. The first-order chi connectivity index (χ1) is 23.4. The molecule has 2 aromatic heterocycles. The lowest BCUT2D eigenvalue weighted by molar-refractivity contribution is -0.901. The van der Waals surface area contributed by atoms with Crippen molar-refractivity contribution in [3.05, 3.63) is 73.3 Å². The molecule has 0 amide bonds. The molecule has 0 saturated carbocycles. The summed E-state index contributed by atoms with van der Waals surface area (Å²) in [6, 6.07) is 17.0. The van der Waals surface area contributed by atoms with E-state index in [1.165, 1.54) is 76.3 Å². The molecule has 2 saturated heterocycles. The molecule has 12 heteroatoms. The molecule has 48 heavy (non-hydrogen) atoms.